The highest BCUT2D eigenvalue weighted by atomic mass is 32.1. The van der Waals surface area contributed by atoms with E-state index in [2.05, 4.69) is 33.4 Å². The molecule has 11 heteroatoms. The summed E-state index contributed by atoms with van der Waals surface area (Å²) >= 11 is 0.641. The SMILES string of the molecule is CC(C)CN(c1ccc([C@H](C)CC(=O)O)cc1Nc1nc(C(F)(F)F)ns1)C1CCOCC1. The number of alkyl halides is 3. The summed E-state index contributed by atoms with van der Waals surface area (Å²) in [6.45, 7) is 8.10. The molecule has 2 aromatic rings. The summed E-state index contributed by atoms with van der Waals surface area (Å²) in [5.74, 6) is -2.01. The summed E-state index contributed by atoms with van der Waals surface area (Å²) in [4.78, 5) is 17.1. The first-order valence-corrected chi connectivity index (χ1v) is 11.7. The van der Waals surface area contributed by atoms with Crippen LogP contribution in [0.25, 0.3) is 0 Å². The Kier molecular flexibility index (Phi) is 8.17. The first-order valence-electron chi connectivity index (χ1n) is 10.9. The lowest BCUT2D eigenvalue weighted by Gasteiger charge is -2.38. The minimum Gasteiger partial charge on any atom is -0.481 e. The number of carbonyl (C=O) groups is 1. The van der Waals surface area contributed by atoms with Gasteiger partial charge in [0.25, 0.3) is 0 Å². The molecule has 0 aliphatic carbocycles. The molecule has 182 valence electrons. The standard InChI is InChI=1S/C22H29F3N4O3S/c1-13(2)12-29(16-6-8-32-9-7-16)18-5-4-15(14(3)10-19(30)31)11-17(18)26-21-27-20(28-33-21)22(23,24)25/h4-5,11,13-14,16H,6-10,12H2,1-3H3,(H,30,31)(H,26,27,28)/t14-/m1/s1. The lowest BCUT2D eigenvalue weighted by atomic mass is 9.95. The number of carboxylic acid groups (broad SMARTS) is 1. The predicted octanol–water partition coefficient (Wildman–Crippen LogP) is 5.52. The minimum atomic E-state index is -4.62. The Bertz CT molecular complexity index is 945. The van der Waals surface area contributed by atoms with E-state index in [9.17, 15) is 23.1 Å². The summed E-state index contributed by atoms with van der Waals surface area (Å²) in [5, 5.41) is 12.2. The molecular weight excluding hydrogens is 457 g/mol. The second kappa shape index (κ2) is 10.7. The van der Waals surface area contributed by atoms with Gasteiger partial charge in [-0.25, -0.2) is 0 Å². The third-order valence-corrected chi connectivity index (χ3v) is 6.13. The number of benzene rings is 1. The number of aliphatic carboxylic acids is 1. The van der Waals surface area contributed by atoms with Crippen LogP contribution in [0.3, 0.4) is 0 Å². The van der Waals surface area contributed by atoms with Crippen molar-refractivity contribution in [3.63, 3.8) is 0 Å². The molecule has 0 bridgehead atoms. The topological polar surface area (TPSA) is 87.6 Å². The van der Waals surface area contributed by atoms with E-state index in [1.54, 1.807) is 0 Å². The average molecular weight is 487 g/mol. The summed E-state index contributed by atoms with van der Waals surface area (Å²) < 4.78 is 48.0. The average Bonchev–Trinajstić information content (AvgIpc) is 3.21. The zero-order valence-corrected chi connectivity index (χ0v) is 19.7. The molecule has 1 aromatic carbocycles. The largest absolute Gasteiger partial charge is 0.481 e. The number of aromatic nitrogens is 2. The maximum atomic E-state index is 13.0. The quantitative estimate of drug-likeness (QED) is 0.483. The van der Waals surface area contributed by atoms with Gasteiger partial charge in [-0.1, -0.05) is 26.8 Å². The van der Waals surface area contributed by atoms with E-state index in [-0.39, 0.29) is 23.5 Å². The molecule has 1 aliphatic rings. The molecule has 1 saturated heterocycles. The Morgan fingerprint density at radius 1 is 1.30 bits per heavy atom. The van der Waals surface area contributed by atoms with Crippen LogP contribution in [0.1, 0.15) is 57.3 Å². The number of carboxylic acids is 1. The summed E-state index contributed by atoms with van der Waals surface area (Å²) in [7, 11) is 0. The smallest absolute Gasteiger partial charge is 0.452 e. The van der Waals surface area contributed by atoms with E-state index in [0.717, 1.165) is 30.6 Å². The van der Waals surface area contributed by atoms with Crippen LogP contribution in [0.2, 0.25) is 0 Å². The lowest BCUT2D eigenvalue weighted by molar-refractivity contribution is -0.144. The molecule has 1 aliphatic heterocycles. The monoisotopic (exact) mass is 486 g/mol. The van der Waals surface area contributed by atoms with Crippen molar-refractivity contribution in [1.29, 1.82) is 0 Å². The van der Waals surface area contributed by atoms with Gasteiger partial charge in [0.05, 0.1) is 17.8 Å². The number of hydrogen-bond acceptors (Lipinski definition) is 7. The number of anilines is 3. The molecule has 0 amide bonds. The van der Waals surface area contributed by atoms with Gasteiger partial charge >= 0.3 is 12.1 Å². The summed E-state index contributed by atoms with van der Waals surface area (Å²) in [5.41, 5.74) is 2.20. The van der Waals surface area contributed by atoms with Crippen LogP contribution >= 0.6 is 11.5 Å². The van der Waals surface area contributed by atoms with Crippen molar-refractivity contribution in [2.24, 2.45) is 5.92 Å². The third kappa shape index (κ3) is 6.80. The lowest BCUT2D eigenvalue weighted by Crippen LogP contribution is -2.42. The highest BCUT2D eigenvalue weighted by Crippen LogP contribution is 2.37. The zero-order valence-electron chi connectivity index (χ0n) is 18.9. The second-order valence-corrected chi connectivity index (χ2v) is 9.46. The van der Waals surface area contributed by atoms with Crippen molar-refractivity contribution >= 4 is 34.0 Å². The number of ether oxygens (including phenoxy) is 1. The molecular formula is C22H29F3N4O3S. The van der Waals surface area contributed by atoms with Gasteiger partial charge in [-0.3, -0.25) is 4.79 Å². The first-order chi connectivity index (χ1) is 15.5. The number of rotatable bonds is 9. The van der Waals surface area contributed by atoms with Crippen molar-refractivity contribution in [2.45, 2.75) is 58.2 Å². The Hall–Kier alpha value is -2.40. The fraction of sp³-hybridized carbons (Fsp3) is 0.591. The van der Waals surface area contributed by atoms with Crippen LogP contribution in [0.15, 0.2) is 18.2 Å². The molecule has 2 heterocycles. The Labute approximate surface area is 195 Å². The van der Waals surface area contributed by atoms with E-state index in [0.29, 0.717) is 36.4 Å². The highest BCUT2D eigenvalue weighted by Gasteiger charge is 2.36. The molecule has 3 rings (SSSR count). The van der Waals surface area contributed by atoms with Gasteiger partial charge < -0.3 is 20.1 Å². The molecule has 0 saturated carbocycles. The van der Waals surface area contributed by atoms with E-state index in [1.807, 2.05) is 25.1 Å². The van der Waals surface area contributed by atoms with E-state index < -0.39 is 18.0 Å². The van der Waals surface area contributed by atoms with Crippen molar-refractivity contribution in [3.8, 4) is 0 Å². The number of nitrogens with zero attached hydrogens (tertiary/aromatic N) is 3. The Morgan fingerprint density at radius 2 is 2.00 bits per heavy atom. The van der Waals surface area contributed by atoms with Crippen LogP contribution in [0.4, 0.5) is 29.7 Å². The van der Waals surface area contributed by atoms with Gasteiger partial charge in [-0.05, 0) is 42.4 Å². The normalized spacial score (nSPS) is 16.1. The maximum Gasteiger partial charge on any atom is 0.452 e. The van der Waals surface area contributed by atoms with Gasteiger partial charge in [0.15, 0.2) is 0 Å². The zero-order chi connectivity index (χ0) is 24.2. The van der Waals surface area contributed by atoms with Crippen molar-refractivity contribution < 1.29 is 27.8 Å². The van der Waals surface area contributed by atoms with Crippen LogP contribution < -0.4 is 10.2 Å². The molecule has 0 radical (unpaired) electrons. The third-order valence-electron chi connectivity index (χ3n) is 5.49. The fourth-order valence-corrected chi connectivity index (χ4v) is 4.53. The summed E-state index contributed by atoms with van der Waals surface area (Å²) in [6.07, 6.45) is -2.98. The fourth-order valence-electron chi connectivity index (χ4n) is 3.93. The van der Waals surface area contributed by atoms with Gasteiger partial charge in [-0.15, -0.1) is 0 Å². The van der Waals surface area contributed by atoms with Crippen molar-refractivity contribution in [1.82, 2.24) is 9.36 Å². The van der Waals surface area contributed by atoms with E-state index in [1.165, 1.54) is 0 Å². The maximum absolute atomic E-state index is 13.0. The van der Waals surface area contributed by atoms with Crippen LogP contribution in [0.5, 0.6) is 0 Å². The van der Waals surface area contributed by atoms with E-state index in [4.69, 9.17) is 4.74 Å². The number of hydrogen-bond donors (Lipinski definition) is 2. The predicted molar refractivity (Wildman–Crippen MR) is 121 cm³/mol. The molecule has 33 heavy (non-hydrogen) atoms. The van der Waals surface area contributed by atoms with Crippen LogP contribution in [-0.4, -0.2) is 46.2 Å². The van der Waals surface area contributed by atoms with Crippen molar-refractivity contribution in [3.05, 3.63) is 29.6 Å². The van der Waals surface area contributed by atoms with Gasteiger partial charge in [-0.2, -0.15) is 22.5 Å². The molecule has 0 spiro atoms. The number of nitrogens with one attached hydrogen (secondary N) is 1. The molecule has 1 atom stereocenters. The van der Waals surface area contributed by atoms with Crippen LogP contribution in [0, 0.1) is 5.92 Å². The second-order valence-electron chi connectivity index (χ2n) is 8.71. The molecule has 7 nitrogen and oxygen atoms in total. The Balaban J connectivity index is 2.01. The molecule has 1 fully saturated rings. The van der Waals surface area contributed by atoms with Gasteiger partial charge in [0.2, 0.25) is 11.0 Å². The number of halogens is 3. The van der Waals surface area contributed by atoms with Crippen molar-refractivity contribution in [2.75, 3.05) is 30.0 Å². The van der Waals surface area contributed by atoms with E-state index >= 15 is 0 Å². The minimum absolute atomic E-state index is 0.0306. The van der Waals surface area contributed by atoms with Gasteiger partial charge in [0.1, 0.15) is 0 Å². The first kappa shape index (κ1) is 25.2. The summed E-state index contributed by atoms with van der Waals surface area (Å²) in [6, 6.07) is 5.84. The molecule has 1 aromatic heterocycles. The van der Waals surface area contributed by atoms with Gasteiger partial charge in [0, 0.05) is 37.3 Å². The molecule has 2 N–H and O–H groups in total. The Morgan fingerprint density at radius 3 is 2.58 bits per heavy atom. The highest BCUT2D eigenvalue weighted by molar-refractivity contribution is 7.09. The molecule has 0 unspecified atom stereocenters. The van der Waals surface area contributed by atoms with Crippen LogP contribution in [-0.2, 0) is 15.7 Å².